The van der Waals surface area contributed by atoms with Gasteiger partial charge in [0.2, 0.25) is 0 Å². The molecule has 0 aliphatic heterocycles. The van der Waals surface area contributed by atoms with Crippen LogP contribution in [0.15, 0.2) is 44.3 Å². The number of benzene rings is 1. The molecule has 4 nitrogen and oxygen atoms in total. The Bertz CT molecular complexity index is 746. The van der Waals surface area contributed by atoms with E-state index in [-0.39, 0.29) is 10.3 Å². The van der Waals surface area contributed by atoms with Crippen molar-refractivity contribution >= 4 is 47.7 Å². The maximum atomic E-state index is 13.7. The third-order valence-electron chi connectivity index (χ3n) is 2.19. The summed E-state index contributed by atoms with van der Waals surface area (Å²) in [5.74, 6) is -2.07. The van der Waals surface area contributed by atoms with Gasteiger partial charge in [0.25, 0.3) is 10.0 Å². The van der Waals surface area contributed by atoms with Gasteiger partial charge in [-0.25, -0.2) is 22.2 Å². The first kappa shape index (κ1) is 15.3. The predicted octanol–water partition coefficient (Wildman–Crippen LogP) is 3.69. The highest BCUT2D eigenvalue weighted by molar-refractivity contribution is 9.10. The van der Waals surface area contributed by atoms with Crippen molar-refractivity contribution < 1.29 is 17.2 Å². The molecule has 0 aliphatic rings. The van der Waals surface area contributed by atoms with Gasteiger partial charge in [-0.3, -0.25) is 4.72 Å². The number of pyridine rings is 1. The Balaban J connectivity index is 2.46. The molecule has 0 saturated heterocycles. The summed E-state index contributed by atoms with van der Waals surface area (Å²) in [6.45, 7) is 0. The Morgan fingerprint density at radius 2 is 1.85 bits per heavy atom. The second-order valence-corrected chi connectivity index (χ2v) is 7.05. The van der Waals surface area contributed by atoms with E-state index in [1.165, 1.54) is 12.3 Å². The summed E-state index contributed by atoms with van der Waals surface area (Å²) in [7, 11) is -4.23. The molecule has 20 heavy (non-hydrogen) atoms. The lowest BCUT2D eigenvalue weighted by atomic mass is 10.3. The molecule has 0 saturated carbocycles. The van der Waals surface area contributed by atoms with Gasteiger partial charge in [0.15, 0.2) is 0 Å². The summed E-state index contributed by atoms with van der Waals surface area (Å²) >= 11 is 5.99. The predicted molar refractivity (Wildman–Crippen MR) is 76.8 cm³/mol. The van der Waals surface area contributed by atoms with Gasteiger partial charge in [-0.15, -0.1) is 0 Å². The normalized spacial score (nSPS) is 11.4. The molecule has 0 spiro atoms. The second kappa shape index (κ2) is 5.74. The smallest absolute Gasteiger partial charge is 0.263 e. The molecule has 0 radical (unpaired) electrons. The molecule has 1 N–H and O–H groups in total. The second-order valence-electron chi connectivity index (χ2n) is 3.66. The molecule has 2 aromatic rings. The van der Waals surface area contributed by atoms with Crippen molar-refractivity contribution in [3.63, 3.8) is 0 Å². The molecule has 2 rings (SSSR count). The van der Waals surface area contributed by atoms with E-state index in [0.717, 1.165) is 6.07 Å². The molecule has 0 bridgehead atoms. The van der Waals surface area contributed by atoms with Crippen molar-refractivity contribution in [3.8, 4) is 0 Å². The monoisotopic (exact) mass is 426 g/mol. The average Bonchev–Trinajstić information content (AvgIpc) is 2.25. The molecule has 0 fully saturated rings. The molecule has 0 unspecified atom stereocenters. The van der Waals surface area contributed by atoms with Gasteiger partial charge in [-0.2, -0.15) is 0 Å². The van der Waals surface area contributed by atoms with Gasteiger partial charge in [0, 0.05) is 21.2 Å². The van der Waals surface area contributed by atoms with Crippen molar-refractivity contribution in [2.45, 2.75) is 4.90 Å². The van der Waals surface area contributed by atoms with Crippen LogP contribution in [0.25, 0.3) is 0 Å². The fraction of sp³-hybridized carbons (Fsp3) is 0. The number of aromatic nitrogens is 1. The molecular weight excluding hydrogens is 422 g/mol. The van der Waals surface area contributed by atoms with Crippen LogP contribution in [0.2, 0.25) is 0 Å². The minimum absolute atomic E-state index is 0.00926. The number of nitrogens with one attached hydrogen (secondary N) is 1. The lowest BCUT2D eigenvalue weighted by molar-refractivity contribution is 0.548. The fourth-order valence-electron chi connectivity index (χ4n) is 1.43. The molecule has 0 aliphatic carbocycles. The van der Waals surface area contributed by atoms with Gasteiger partial charge in [0.1, 0.15) is 22.3 Å². The Morgan fingerprint density at radius 1 is 1.15 bits per heavy atom. The Hall–Kier alpha value is -1.06. The number of sulfonamides is 1. The van der Waals surface area contributed by atoms with E-state index in [1.54, 1.807) is 6.07 Å². The highest BCUT2D eigenvalue weighted by Gasteiger charge is 2.24. The number of anilines is 1. The van der Waals surface area contributed by atoms with Crippen molar-refractivity contribution in [2.24, 2.45) is 0 Å². The van der Waals surface area contributed by atoms with Crippen LogP contribution in [-0.4, -0.2) is 13.4 Å². The first-order chi connectivity index (χ1) is 9.29. The van der Waals surface area contributed by atoms with Crippen molar-refractivity contribution in [1.29, 1.82) is 0 Å². The highest BCUT2D eigenvalue weighted by Crippen LogP contribution is 2.28. The van der Waals surface area contributed by atoms with Crippen LogP contribution in [0.4, 0.5) is 14.6 Å². The van der Waals surface area contributed by atoms with Crippen molar-refractivity contribution in [1.82, 2.24) is 4.98 Å². The molecular formula is C11H6Br2F2N2O2S. The van der Waals surface area contributed by atoms with Crippen molar-refractivity contribution in [2.75, 3.05) is 4.72 Å². The van der Waals surface area contributed by atoms with E-state index in [0.29, 0.717) is 10.5 Å². The molecule has 1 heterocycles. The zero-order chi connectivity index (χ0) is 14.9. The number of rotatable bonds is 3. The van der Waals surface area contributed by atoms with Gasteiger partial charge in [-0.05, 0) is 34.1 Å². The van der Waals surface area contributed by atoms with Crippen LogP contribution in [0, 0.1) is 11.6 Å². The van der Waals surface area contributed by atoms with Gasteiger partial charge in [-0.1, -0.05) is 15.9 Å². The topological polar surface area (TPSA) is 59.1 Å². The van der Waals surface area contributed by atoms with Crippen molar-refractivity contribution in [3.05, 3.63) is 51.0 Å². The van der Waals surface area contributed by atoms with E-state index >= 15 is 0 Å². The first-order valence-corrected chi connectivity index (χ1v) is 8.15. The van der Waals surface area contributed by atoms with Crippen LogP contribution >= 0.6 is 31.9 Å². The summed E-state index contributed by atoms with van der Waals surface area (Å²) in [4.78, 5) is 3.12. The zero-order valence-electron chi connectivity index (χ0n) is 9.57. The fourth-order valence-corrected chi connectivity index (χ4v) is 3.94. The Kier molecular flexibility index (Phi) is 4.40. The molecule has 9 heteroatoms. The van der Waals surface area contributed by atoms with E-state index in [1.807, 2.05) is 0 Å². The summed E-state index contributed by atoms with van der Waals surface area (Å²) in [5, 5.41) is 0. The maximum Gasteiger partial charge on any atom is 0.267 e. The molecule has 106 valence electrons. The third-order valence-corrected chi connectivity index (χ3v) is 5.00. The molecule has 1 aromatic heterocycles. The lowest BCUT2D eigenvalue weighted by Gasteiger charge is -2.10. The average molecular weight is 428 g/mol. The summed E-state index contributed by atoms with van der Waals surface area (Å²) in [6.07, 6.45) is 1.37. The van der Waals surface area contributed by atoms with Crippen LogP contribution in [0.1, 0.15) is 0 Å². The molecule has 0 atom stereocenters. The summed E-state index contributed by atoms with van der Waals surface area (Å²) in [6, 6.07) is 4.37. The number of halogens is 4. The Labute approximate surface area is 130 Å². The molecule has 1 aromatic carbocycles. The number of nitrogens with zero attached hydrogens (tertiary/aromatic N) is 1. The van der Waals surface area contributed by atoms with Crippen LogP contribution in [-0.2, 0) is 10.0 Å². The number of hydrogen-bond donors (Lipinski definition) is 1. The molecule has 0 amide bonds. The maximum absolute atomic E-state index is 13.7. The van der Waals surface area contributed by atoms with Gasteiger partial charge < -0.3 is 0 Å². The largest absolute Gasteiger partial charge is 0.267 e. The number of hydrogen-bond acceptors (Lipinski definition) is 3. The summed E-state index contributed by atoms with van der Waals surface area (Å²) < 4.78 is 53.4. The minimum Gasteiger partial charge on any atom is -0.263 e. The third kappa shape index (κ3) is 3.33. The van der Waals surface area contributed by atoms with E-state index in [9.17, 15) is 17.2 Å². The standard InChI is InChI=1S/C11H6Br2F2N2O2S/c12-6-1-2-16-10(3-6)17-20(18,19)11-8(13)4-7(14)5-9(11)15/h1-5H,(H,16,17). The van der Waals surface area contributed by atoms with Crippen LogP contribution in [0.3, 0.4) is 0 Å². The van der Waals surface area contributed by atoms with Gasteiger partial charge in [0.05, 0.1) is 0 Å². The highest BCUT2D eigenvalue weighted by atomic mass is 79.9. The van der Waals surface area contributed by atoms with Crippen LogP contribution in [0.5, 0.6) is 0 Å². The summed E-state index contributed by atoms with van der Waals surface area (Å²) in [5.41, 5.74) is 0. The SMILES string of the molecule is O=S(=O)(Nc1cc(Br)ccn1)c1c(F)cc(F)cc1Br. The minimum atomic E-state index is -4.23. The van der Waals surface area contributed by atoms with E-state index in [4.69, 9.17) is 0 Å². The van der Waals surface area contributed by atoms with E-state index in [2.05, 4.69) is 41.6 Å². The quantitative estimate of drug-likeness (QED) is 0.812. The van der Waals surface area contributed by atoms with Gasteiger partial charge >= 0.3 is 0 Å². The Morgan fingerprint density at radius 3 is 2.45 bits per heavy atom. The van der Waals surface area contributed by atoms with E-state index < -0.39 is 26.6 Å². The zero-order valence-corrected chi connectivity index (χ0v) is 13.6. The lowest BCUT2D eigenvalue weighted by Crippen LogP contribution is -2.16. The first-order valence-electron chi connectivity index (χ1n) is 5.08. The van der Waals surface area contributed by atoms with Crippen LogP contribution < -0.4 is 4.72 Å².